The molecule has 2 aromatic heterocycles. The molecule has 2 heterocycles. The average molecular weight is 290 g/mol. The van der Waals surface area contributed by atoms with Crippen LogP contribution in [0.2, 0.25) is 0 Å². The molecule has 0 aliphatic carbocycles. The number of nitrogens with one attached hydrogen (secondary N) is 1. The van der Waals surface area contributed by atoms with Gasteiger partial charge in [0.1, 0.15) is 10.8 Å². The molecule has 0 aliphatic heterocycles. The van der Waals surface area contributed by atoms with Gasteiger partial charge in [0.25, 0.3) is 0 Å². The number of nitrogens with zero attached hydrogens (tertiary/aromatic N) is 3. The Kier molecular flexibility index (Phi) is 2.69. The molecule has 21 heavy (non-hydrogen) atoms. The lowest BCUT2D eigenvalue weighted by molar-refractivity contribution is 0.925. The molecule has 4 rings (SSSR count). The molecule has 0 saturated carbocycles. The lowest BCUT2D eigenvalue weighted by Gasteiger charge is -2.00. The Balaban J connectivity index is 1.85. The van der Waals surface area contributed by atoms with E-state index in [9.17, 15) is 5.26 Å². The third-order valence-electron chi connectivity index (χ3n) is 3.37. The van der Waals surface area contributed by atoms with Gasteiger partial charge in [-0.25, -0.2) is 9.97 Å². The standard InChI is InChI=1S/C16H10N4S/c17-9-10(15-18-11-5-1-2-6-12(11)19-15)16-20-13-7-3-4-8-14(13)21-16/h1-8,10H,(H,18,19)/t10-/m0/s1. The summed E-state index contributed by atoms with van der Waals surface area (Å²) in [5.41, 5.74) is 2.73. The van der Waals surface area contributed by atoms with Crippen molar-refractivity contribution >= 4 is 32.6 Å². The maximum atomic E-state index is 9.54. The zero-order chi connectivity index (χ0) is 14.2. The van der Waals surface area contributed by atoms with E-state index in [-0.39, 0.29) is 0 Å². The number of hydrogen-bond acceptors (Lipinski definition) is 4. The molecule has 1 atom stereocenters. The minimum Gasteiger partial charge on any atom is -0.340 e. The Morgan fingerprint density at radius 2 is 1.76 bits per heavy atom. The van der Waals surface area contributed by atoms with Crippen LogP contribution >= 0.6 is 11.3 Å². The van der Waals surface area contributed by atoms with E-state index in [4.69, 9.17) is 0 Å². The van der Waals surface area contributed by atoms with Crippen LogP contribution in [0.1, 0.15) is 16.7 Å². The Hall–Kier alpha value is -2.71. The van der Waals surface area contributed by atoms with Crippen molar-refractivity contribution in [3.8, 4) is 6.07 Å². The molecule has 0 bridgehead atoms. The predicted molar refractivity (Wildman–Crippen MR) is 83.2 cm³/mol. The second kappa shape index (κ2) is 4.69. The SMILES string of the molecule is N#C[C@@H](c1nc2ccccc2[nH]1)c1nc2ccccc2s1. The van der Waals surface area contributed by atoms with Crippen LogP contribution in [0, 0.1) is 11.3 Å². The topological polar surface area (TPSA) is 65.4 Å². The molecule has 0 aliphatic rings. The monoisotopic (exact) mass is 290 g/mol. The van der Waals surface area contributed by atoms with Crippen LogP contribution in [0.3, 0.4) is 0 Å². The van der Waals surface area contributed by atoms with Gasteiger partial charge in [-0.15, -0.1) is 11.3 Å². The predicted octanol–water partition coefficient (Wildman–Crippen LogP) is 3.83. The molecule has 0 saturated heterocycles. The van der Waals surface area contributed by atoms with Crippen LogP contribution in [0.4, 0.5) is 0 Å². The lowest BCUT2D eigenvalue weighted by atomic mass is 10.2. The van der Waals surface area contributed by atoms with Gasteiger partial charge in [-0.05, 0) is 24.3 Å². The molecular weight excluding hydrogens is 280 g/mol. The summed E-state index contributed by atoms with van der Waals surface area (Å²) in [5, 5.41) is 10.3. The molecule has 0 fully saturated rings. The number of imidazole rings is 1. The van der Waals surface area contributed by atoms with E-state index in [1.807, 2.05) is 48.5 Å². The molecule has 0 unspecified atom stereocenters. The number of benzene rings is 2. The highest BCUT2D eigenvalue weighted by molar-refractivity contribution is 7.18. The van der Waals surface area contributed by atoms with Gasteiger partial charge < -0.3 is 4.98 Å². The van der Waals surface area contributed by atoms with Crippen LogP contribution in [0.5, 0.6) is 0 Å². The van der Waals surface area contributed by atoms with E-state index in [1.54, 1.807) is 11.3 Å². The van der Waals surface area contributed by atoms with Crippen molar-refractivity contribution in [3.05, 3.63) is 59.4 Å². The van der Waals surface area contributed by atoms with Crippen LogP contribution in [0.25, 0.3) is 21.3 Å². The third-order valence-corrected chi connectivity index (χ3v) is 4.47. The number of para-hydroxylation sites is 3. The van der Waals surface area contributed by atoms with Gasteiger partial charge in [0.05, 0.1) is 27.3 Å². The second-order valence-corrected chi connectivity index (χ2v) is 5.78. The summed E-state index contributed by atoms with van der Waals surface area (Å²) in [6, 6.07) is 18.0. The van der Waals surface area contributed by atoms with Crippen LogP contribution < -0.4 is 0 Å². The molecule has 100 valence electrons. The third kappa shape index (κ3) is 1.97. The van der Waals surface area contributed by atoms with E-state index in [0.29, 0.717) is 5.82 Å². The minimum atomic E-state index is -0.463. The van der Waals surface area contributed by atoms with Gasteiger partial charge in [-0.2, -0.15) is 5.26 Å². The summed E-state index contributed by atoms with van der Waals surface area (Å²) in [4.78, 5) is 12.3. The van der Waals surface area contributed by atoms with Crippen molar-refractivity contribution < 1.29 is 0 Å². The molecule has 0 amide bonds. The van der Waals surface area contributed by atoms with E-state index < -0.39 is 5.92 Å². The molecule has 2 aromatic carbocycles. The molecule has 0 radical (unpaired) electrons. The van der Waals surface area contributed by atoms with Crippen molar-refractivity contribution in [1.82, 2.24) is 15.0 Å². The smallest absolute Gasteiger partial charge is 0.156 e. The summed E-state index contributed by atoms with van der Waals surface area (Å²) >= 11 is 1.54. The van der Waals surface area contributed by atoms with E-state index in [2.05, 4.69) is 21.0 Å². The van der Waals surface area contributed by atoms with Gasteiger partial charge in [0.2, 0.25) is 0 Å². The summed E-state index contributed by atoms with van der Waals surface area (Å²) in [7, 11) is 0. The van der Waals surface area contributed by atoms with Crippen molar-refractivity contribution in [2.24, 2.45) is 0 Å². The van der Waals surface area contributed by atoms with Gasteiger partial charge in [0.15, 0.2) is 5.92 Å². The Morgan fingerprint density at radius 3 is 2.52 bits per heavy atom. The van der Waals surface area contributed by atoms with Crippen molar-refractivity contribution in [1.29, 1.82) is 5.26 Å². The molecule has 4 aromatic rings. The van der Waals surface area contributed by atoms with Crippen molar-refractivity contribution in [2.75, 3.05) is 0 Å². The second-order valence-electron chi connectivity index (χ2n) is 4.72. The van der Waals surface area contributed by atoms with Crippen molar-refractivity contribution in [2.45, 2.75) is 5.92 Å². The lowest BCUT2D eigenvalue weighted by Crippen LogP contribution is -1.99. The summed E-state index contributed by atoms with van der Waals surface area (Å²) in [6.07, 6.45) is 0. The van der Waals surface area contributed by atoms with Crippen LogP contribution in [-0.4, -0.2) is 15.0 Å². The highest BCUT2D eigenvalue weighted by atomic mass is 32.1. The van der Waals surface area contributed by atoms with E-state index >= 15 is 0 Å². The first kappa shape index (κ1) is 12.1. The number of nitriles is 1. The Morgan fingerprint density at radius 1 is 1.00 bits per heavy atom. The zero-order valence-electron chi connectivity index (χ0n) is 10.9. The fourth-order valence-corrected chi connectivity index (χ4v) is 3.37. The number of rotatable bonds is 2. The number of fused-ring (bicyclic) bond motifs is 2. The fourth-order valence-electron chi connectivity index (χ4n) is 2.36. The van der Waals surface area contributed by atoms with Crippen molar-refractivity contribution in [3.63, 3.8) is 0 Å². The number of thiazole rings is 1. The molecule has 0 spiro atoms. The van der Waals surface area contributed by atoms with E-state index in [1.165, 1.54) is 0 Å². The molecule has 1 N–H and O–H groups in total. The highest BCUT2D eigenvalue weighted by Gasteiger charge is 2.21. The molecule has 5 heteroatoms. The largest absolute Gasteiger partial charge is 0.340 e. The van der Waals surface area contributed by atoms with Crippen LogP contribution in [-0.2, 0) is 0 Å². The maximum Gasteiger partial charge on any atom is 0.156 e. The summed E-state index contributed by atoms with van der Waals surface area (Å²) < 4.78 is 1.09. The first-order valence-corrected chi connectivity index (χ1v) is 7.36. The Labute approximate surface area is 124 Å². The quantitative estimate of drug-likeness (QED) is 0.610. The van der Waals surface area contributed by atoms with Gasteiger partial charge in [-0.1, -0.05) is 24.3 Å². The van der Waals surface area contributed by atoms with Gasteiger partial charge >= 0.3 is 0 Å². The zero-order valence-corrected chi connectivity index (χ0v) is 11.8. The van der Waals surface area contributed by atoms with Crippen LogP contribution in [0.15, 0.2) is 48.5 Å². The number of aromatic nitrogens is 3. The highest BCUT2D eigenvalue weighted by Crippen LogP contribution is 2.30. The van der Waals surface area contributed by atoms with Gasteiger partial charge in [-0.3, -0.25) is 0 Å². The maximum absolute atomic E-state index is 9.54. The molecule has 4 nitrogen and oxygen atoms in total. The first-order valence-electron chi connectivity index (χ1n) is 6.55. The molecular formula is C16H10N4S. The average Bonchev–Trinajstić information content (AvgIpc) is 3.11. The normalized spacial score (nSPS) is 12.5. The number of aromatic amines is 1. The van der Waals surface area contributed by atoms with E-state index in [0.717, 1.165) is 26.3 Å². The van der Waals surface area contributed by atoms with Gasteiger partial charge in [0, 0.05) is 0 Å². The Bertz CT molecular complexity index is 836. The minimum absolute atomic E-state index is 0.463. The fraction of sp³-hybridized carbons (Fsp3) is 0.0625. The summed E-state index contributed by atoms with van der Waals surface area (Å²) in [6.45, 7) is 0. The number of hydrogen-bond donors (Lipinski definition) is 1. The number of H-pyrrole nitrogens is 1. The summed E-state index contributed by atoms with van der Waals surface area (Å²) in [5.74, 6) is 0.188. The first-order chi connectivity index (χ1) is 10.3.